The average molecular weight is 348 g/mol. The van der Waals surface area contributed by atoms with Gasteiger partial charge in [-0.3, -0.25) is 0 Å². The summed E-state index contributed by atoms with van der Waals surface area (Å²) in [6.45, 7) is 2.83. The van der Waals surface area contributed by atoms with E-state index < -0.39 is 0 Å². The minimum absolute atomic E-state index is 0.286. The highest BCUT2D eigenvalue weighted by atomic mass is 32.1. The van der Waals surface area contributed by atoms with E-state index >= 15 is 0 Å². The Morgan fingerprint density at radius 1 is 1.17 bits per heavy atom. The van der Waals surface area contributed by atoms with Gasteiger partial charge in [-0.15, -0.1) is 0 Å². The van der Waals surface area contributed by atoms with Crippen molar-refractivity contribution in [3.63, 3.8) is 0 Å². The second-order valence-electron chi connectivity index (χ2n) is 5.28. The van der Waals surface area contributed by atoms with E-state index in [1.54, 1.807) is 6.26 Å². The normalized spacial score (nSPS) is 12.2. The summed E-state index contributed by atoms with van der Waals surface area (Å²) in [5.41, 5.74) is 1.09. The van der Waals surface area contributed by atoms with Crippen LogP contribution in [-0.2, 0) is 17.9 Å². The first kappa shape index (κ1) is 16.6. The van der Waals surface area contributed by atoms with Gasteiger partial charge in [-0.05, 0) is 48.5 Å². The zero-order chi connectivity index (χ0) is 16.6. The van der Waals surface area contributed by atoms with E-state index in [0.717, 1.165) is 35.8 Å². The summed E-state index contributed by atoms with van der Waals surface area (Å²) < 4.78 is 21.3. The topological polar surface area (TPSA) is 64.9 Å². The summed E-state index contributed by atoms with van der Waals surface area (Å²) in [6, 6.07) is 9.61. The molecular weight excluding hydrogens is 328 g/mol. The smallest absolute Gasteiger partial charge is 0.231 e. The number of hydrogen-bond donors (Lipinski definition) is 2. The van der Waals surface area contributed by atoms with Crippen molar-refractivity contribution < 1.29 is 18.6 Å². The van der Waals surface area contributed by atoms with Gasteiger partial charge in [0.2, 0.25) is 6.79 Å². The lowest BCUT2D eigenvalue weighted by Crippen LogP contribution is -2.35. The van der Waals surface area contributed by atoms with Crippen LogP contribution >= 0.6 is 12.2 Å². The Hall–Kier alpha value is -2.25. The molecule has 0 bridgehead atoms. The van der Waals surface area contributed by atoms with Gasteiger partial charge in [0.05, 0.1) is 6.26 Å². The zero-order valence-electron chi connectivity index (χ0n) is 13.2. The third-order valence-corrected chi connectivity index (χ3v) is 3.75. The van der Waals surface area contributed by atoms with Gasteiger partial charge in [-0.25, -0.2) is 0 Å². The second-order valence-corrected chi connectivity index (χ2v) is 5.69. The van der Waals surface area contributed by atoms with Gasteiger partial charge in [0.15, 0.2) is 16.6 Å². The van der Waals surface area contributed by atoms with Gasteiger partial charge in [0, 0.05) is 19.7 Å². The monoisotopic (exact) mass is 348 g/mol. The maximum absolute atomic E-state index is 5.51. The maximum Gasteiger partial charge on any atom is 0.231 e. The molecule has 128 valence electrons. The molecule has 7 heteroatoms. The first-order valence-corrected chi connectivity index (χ1v) is 8.22. The third-order valence-electron chi connectivity index (χ3n) is 3.47. The summed E-state index contributed by atoms with van der Waals surface area (Å²) in [5, 5.41) is 6.96. The van der Waals surface area contributed by atoms with E-state index in [-0.39, 0.29) is 6.79 Å². The maximum atomic E-state index is 5.51. The first-order chi connectivity index (χ1) is 11.8. The molecule has 1 aromatic heterocycles. The Morgan fingerprint density at radius 2 is 2.08 bits per heavy atom. The van der Waals surface area contributed by atoms with Gasteiger partial charge in [-0.1, -0.05) is 6.07 Å². The lowest BCUT2D eigenvalue weighted by Gasteiger charge is -2.11. The van der Waals surface area contributed by atoms with Crippen molar-refractivity contribution in [2.45, 2.75) is 19.6 Å². The highest BCUT2D eigenvalue weighted by Crippen LogP contribution is 2.32. The largest absolute Gasteiger partial charge is 0.467 e. The Labute approximate surface area is 146 Å². The molecule has 0 fully saturated rings. The van der Waals surface area contributed by atoms with Crippen molar-refractivity contribution in [1.29, 1.82) is 0 Å². The predicted molar refractivity (Wildman–Crippen MR) is 93.0 cm³/mol. The fourth-order valence-corrected chi connectivity index (χ4v) is 2.41. The highest BCUT2D eigenvalue weighted by Gasteiger charge is 2.12. The Bertz CT molecular complexity index is 661. The van der Waals surface area contributed by atoms with E-state index in [1.807, 2.05) is 30.3 Å². The number of furan rings is 1. The molecule has 0 radical (unpaired) electrons. The first-order valence-electron chi connectivity index (χ1n) is 7.81. The lowest BCUT2D eigenvalue weighted by molar-refractivity contribution is 0.105. The molecule has 1 aliphatic heterocycles. The highest BCUT2D eigenvalue weighted by molar-refractivity contribution is 7.80. The summed E-state index contributed by atoms with van der Waals surface area (Å²) >= 11 is 5.26. The van der Waals surface area contributed by atoms with Crippen LogP contribution in [0.4, 0.5) is 0 Å². The van der Waals surface area contributed by atoms with Crippen LogP contribution in [-0.4, -0.2) is 25.1 Å². The molecule has 1 aliphatic rings. The molecule has 2 N–H and O–H groups in total. The molecule has 0 aliphatic carbocycles. The number of thiocarbonyl (C=S) groups is 1. The molecule has 0 unspecified atom stereocenters. The van der Waals surface area contributed by atoms with Crippen LogP contribution in [0.2, 0.25) is 0 Å². The van der Waals surface area contributed by atoms with Crippen molar-refractivity contribution >= 4 is 17.3 Å². The number of fused-ring (bicyclic) bond motifs is 1. The molecular formula is C17H20N2O4S. The number of ether oxygens (including phenoxy) is 3. The summed E-state index contributed by atoms with van der Waals surface area (Å²) in [5.74, 6) is 2.40. The minimum atomic E-state index is 0.286. The fraction of sp³-hybridized carbons (Fsp3) is 0.353. The number of nitrogens with one attached hydrogen (secondary N) is 2. The van der Waals surface area contributed by atoms with Gasteiger partial charge in [-0.2, -0.15) is 0 Å². The predicted octanol–water partition coefficient (Wildman–Crippen LogP) is 2.58. The molecule has 0 amide bonds. The van der Waals surface area contributed by atoms with Crippen LogP contribution < -0.4 is 20.1 Å². The molecule has 2 aromatic rings. The fourth-order valence-electron chi connectivity index (χ4n) is 2.24. The summed E-state index contributed by atoms with van der Waals surface area (Å²) in [6.07, 6.45) is 2.51. The summed E-state index contributed by atoms with van der Waals surface area (Å²) in [4.78, 5) is 0. The lowest BCUT2D eigenvalue weighted by atomic mass is 10.2. The minimum Gasteiger partial charge on any atom is -0.467 e. The number of benzene rings is 1. The van der Waals surface area contributed by atoms with Gasteiger partial charge in [0.25, 0.3) is 0 Å². The molecule has 1 aromatic carbocycles. The number of rotatable bonds is 8. The van der Waals surface area contributed by atoms with Crippen molar-refractivity contribution in [2.75, 3.05) is 19.9 Å². The Balaban J connectivity index is 1.26. The third kappa shape index (κ3) is 4.87. The Kier molecular flexibility index (Phi) is 5.92. The molecule has 0 atom stereocenters. The van der Waals surface area contributed by atoms with Gasteiger partial charge >= 0.3 is 0 Å². The standard InChI is InChI=1S/C17H20N2O4S/c24-17(18-6-2-7-20-11-14-3-1-8-21-14)19-10-13-4-5-15-16(9-13)23-12-22-15/h1,3-5,8-9H,2,6-7,10-12H2,(H2,18,19,24). The SMILES string of the molecule is S=C(NCCCOCc1ccco1)NCc1ccc2c(c1)OCO2. The quantitative estimate of drug-likeness (QED) is 0.561. The van der Waals surface area contributed by atoms with Crippen molar-refractivity contribution in [3.8, 4) is 11.5 Å². The summed E-state index contributed by atoms with van der Waals surface area (Å²) in [7, 11) is 0. The average Bonchev–Trinajstić information content (AvgIpc) is 3.26. The van der Waals surface area contributed by atoms with E-state index in [1.165, 1.54) is 0 Å². The second kappa shape index (κ2) is 8.56. The van der Waals surface area contributed by atoms with Crippen LogP contribution in [0.1, 0.15) is 17.7 Å². The molecule has 24 heavy (non-hydrogen) atoms. The zero-order valence-corrected chi connectivity index (χ0v) is 14.1. The van der Waals surface area contributed by atoms with Crippen molar-refractivity contribution in [3.05, 3.63) is 47.9 Å². The molecule has 0 spiro atoms. The van der Waals surface area contributed by atoms with E-state index in [4.69, 9.17) is 30.8 Å². The van der Waals surface area contributed by atoms with E-state index in [2.05, 4.69) is 10.6 Å². The molecule has 6 nitrogen and oxygen atoms in total. The van der Waals surface area contributed by atoms with E-state index in [0.29, 0.717) is 24.9 Å². The van der Waals surface area contributed by atoms with Crippen LogP contribution in [0.25, 0.3) is 0 Å². The molecule has 0 saturated heterocycles. The van der Waals surface area contributed by atoms with Crippen molar-refractivity contribution in [2.24, 2.45) is 0 Å². The van der Waals surface area contributed by atoms with Crippen molar-refractivity contribution in [1.82, 2.24) is 10.6 Å². The van der Waals surface area contributed by atoms with Crippen LogP contribution in [0, 0.1) is 0 Å². The molecule has 3 rings (SSSR count). The Morgan fingerprint density at radius 3 is 2.96 bits per heavy atom. The van der Waals surface area contributed by atoms with Gasteiger partial charge in [0.1, 0.15) is 12.4 Å². The van der Waals surface area contributed by atoms with Crippen LogP contribution in [0.5, 0.6) is 11.5 Å². The molecule has 0 saturated carbocycles. The van der Waals surface area contributed by atoms with Crippen LogP contribution in [0.3, 0.4) is 0 Å². The van der Waals surface area contributed by atoms with Gasteiger partial charge < -0.3 is 29.3 Å². The molecule has 2 heterocycles. The number of hydrogen-bond acceptors (Lipinski definition) is 5. The van der Waals surface area contributed by atoms with E-state index in [9.17, 15) is 0 Å². The van der Waals surface area contributed by atoms with Crippen LogP contribution in [0.15, 0.2) is 41.0 Å².